The predicted molar refractivity (Wildman–Crippen MR) is 212 cm³/mol. The van der Waals surface area contributed by atoms with Crippen LogP contribution in [-0.2, 0) is 33.4 Å². The van der Waals surface area contributed by atoms with Crippen LogP contribution in [0.2, 0.25) is 0 Å². The van der Waals surface area contributed by atoms with Gasteiger partial charge in [0.25, 0.3) is 11.8 Å². The molecule has 4 aliphatic carbocycles. The van der Waals surface area contributed by atoms with Gasteiger partial charge in [-0.1, -0.05) is 56.3 Å². The number of anilines is 1. The van der Waals surface area contributed by atoms with Gasteiger partial charge in [0.15, 0.2) is 29.1 Å². The number of unbranched alkanes of at least 4 members (excludes halogenated alkanes) is 2. The number of ether oxygens (including phenoxy) is 2. The Hall–Kier alpha value is -4.34. The number of aliphatic hydroxyl groups is 2. The van der Waals surface area contributed by atoms with Crippen molar-refractivity contribution in [2.75, 3.05) is 18.5 Å². The number of amides is 3. The molecule has 0 spiro atoms. The van der Waals surface area contributed by atoms with E-state index in [1.807, 2.05) is 42.5 Å². The lowest BCUT2D eigenvalue weighted by Crippen LogP contribution is -2.74. The van der Waals surface area contributed by atoms with Gasteiger partial charge in [-0.3, -0.25) is 28.9 Å². The normalized spacial score (nSPS) is 36.9. The highest BCUT2D eigenvalue weighted by Crippen LogP contribution is 2.76. The number of imide groups is 1. The summed E-state index contributed by atoms with van der Waals surface area (Å²) in [7, 11) is 0. The van der Waals surface area contributed by atoms with Crippen LogP contribution in [0.5, 0.6) is 0 Å². The highest BCUT2D eigenvalue weighted by Gasteiger charge is 2.83. The fraction of sp³-hybridized carbons (Fsp3) is 0.489. The Balaban J connectivity index is 0.933. The summed E-state index contributed by atoms with van der Waals surface area (Å²) >= 11 is 1.47. The first-order valence-electron chi connectivity index (χ1n) is 20.2. The third-order valence-corrected chi connectivity index (χ3v) is 15.2. The topological polar surface area (TPSA) is 160 Å². The van der Waals surface area contributed by atoms with E-state index in [-0.39, 0.29) is 42.6 Å². The van der Waals surface area contributed by atoms with Gasteiger partial charge >= 0.3 is 0 Å². The molecule has 2 aromatic carbocycles. The molecule has 4 fully saturated rings. The van der Waals surface area contributed by atoms with Gasteiger partial charge in [0, 0.05) is 62.4 Å². The minimum atomic E-state index is -2.39. The molecule has 0 unspecified atom stereocenters. The molecule has 0 radical (unpaired) electrons. The smallest absolute Gasteiger partial charge is 0.253 e. The van der Waals surface area contributed by atoms with Crippen molar-refractivity contribution in [2.24, 2.45) is 22.2 Å². The number of alkyl halides is 2. The first kappa shape index (κ1) is 41.4. The van der Waals surface area contributed by atoms with Gasteiger partial charge in [-0.25, -0.2) is 8.78 Å². The molecule has 0 bridgehead atoms. The van der Waals surface area contributed by atoms with Crippen LogP contribution in [0.1, 0.15) is 77.6 Å². The highest BCUT2D eigenvalue weighted by molar-refractivity contribution is 7.99. The fourth-order valence-electron chi connectivity index (χ4n) is 11.5. The number of carbonyl (C=O) groups is 5. The third kappa shape index (κ3) is 6.31. The Labute approximate surface area is 345 Å². The summed E-state index contributed by atoms with van der Waals surface area (Å²) in [6.45, 7) is 4.36. The molecule has 10 atom stereocenters. The fourth-order valence-corrected chi connectivity index (χ4v) is 12.3. The second-order valence-corrected chi connectivity index (χ2v) is 18.5. The number of rotatable bonds is 12. The second kappa shape index (κ2) is 15.0. The maximum atomic E-state index is 18.1. The van der Waals surface area contributed by atoms with E-state index in [0.717, 1.165) is 15.9 Å². The van der Waals surface area contributed by atoms with Crippen molar-refractivity contribution >= 4 is 46.7 Å². The second-order valence-electron chi connectivity index (χ2n) is 17.4. The number of Topliss-reactive ketones (excluding diaryl/α,β-unsaturated/α-hetero) is 1. The van der Waals surface area contributed by atoms with Crippen LogP contribution in [0.3, 0.4) is 0 Å². The summed E-state index contributed by atoms with van der Waals surface area (Å²) in [6, 6.07) is 14.8. The van der Waals surface area contributed by atoms with Gasteiger partial charge in [0.1, 0.15) is 12.8 Å². The summed E-state index contributed by atoms with van der Waals surface area (Å²) < 4.78 is 47.4. The zero-order valence-corrected chi connectivity index (χ0v) is 33.9. The minimum Gasteiger partial charge on any atom is -0.390 e. The lowest BCUT2D eigenvalue weighted by Gasteiger charge is -2.68. The van der Waals surface area contributed by atoms with Crippen molar-refractivity contribution in [3.05, 3.63) is 90.0 Å². The summed E-state index contributed by atoms with van der Waals surface area (Å²) in [4.78, 5) is 65.2. The molecule has 11 nitrogen and oxygen atoms in total. The number of ketones is 2. The number of hydrogen-bond donors (Lipinski definition) is 3. The van der Waals surface area contributed by atoms with Crippen molar-refractivity contribution in [1.82, 2.24) is 4.90 Å². The lowest BCUT2D eigenvalue weighted by molar-refractivity contribution is -0.269. The first-order valence-corrected chi connectivity index (χ1v) is 21.0. The molecule has 6 aliphatic rings. The number of fused-ring (bicyclic) bond motifs is 7. The molecule has 14 heteroatoms. The van der Waals surface area contributed by atoms with Crippen LogP contribution in [0.15, 0.2) is 94.3 Å². The maximum Gasteiger partial charge on any atom is 0.253 e. The van der Waals surface area contributed by atoms with Gasteiger partial charge in [-0.05, 0) is 93.0 Å². The Morgan fingerprint density at radius 1 is 0.949 bits per heavy atom. The van der Waals surface area contributed by atoms with Crippen LogP contribution in [0.4, 0.5) is 14.5 Å². The van der Waals surface area contributed by atoms with Crippen molar-refractivity contribution in [1.29, 1.82) is 0 Å². The number of carbonyl (C=O) groups excluding carboxylic acids is 5. The van der Waals surface area contributed by atoms with E-state index in [1.54, 1.807) is 19.9 Å². The average molecular weight is 831 g/mol. The van der Waals surface area contributed by atoms with E-state index in [1.165, 1.54) is 47.9 Å². The van der Waals surface area contributed by atoms with Gasteiger partial charge in [-0.2, -0.15) is 0 Å². The molecular weight excluding hydrogens is 783 g/mol. The molecule has 2 heterocycles. The van der Waals surface area contributed by atoms with Gasteiger partial charge in [0.2, 0.25) is 5.91 Å². The molecule has 8 rings (SSSR count). The van der Waals surface area contributed by atoms with Crippen molar-refractivity contribution < 1.29 is 52.4 Å². The Bertz CT molecular complexity index is 2180. The summed E-state index contributed by atoms with van der Waals surface area (Å²) in [5.41, 5.74) is -7.28. The quantitative estimate of drug-likeness (QED) is 0.164. The Morgan fingerprint density at radius 2 is 1.68 bits per heavy atom. The number of allylic oxidation sites excluding steroid dienone is 4. The van der Waals surface area contributed by atoms with Crippen molar-refractivity contribution in [3.63, 3.8) is 0 Å². The van der Waals surface area contributed by atoms with Gasteiger partial charge in [0.05, 0.1) is 12.2 Å². The zero-order chi connectivity index (χ0) is 42.1. The largest absolute Gasteiger partial charge is 0.390 e. The third-order valence-electron chi connectivity index (χ3n) is 14.2. The van der Waals surface area contributed by atoms with Crippen LogP contribution < -0.4 is 5.32 Å². The highest BCUT2D eigenvalue weighted by atomic mass is 32.2. The zero-order valence-electron chi connectivity index (χ0n) is 33.1. The molecule has 312 valence electrons. The molecule has 1 saturated heterocycles. The van der Waals surface area contributed by atoms with Crippen molar-refractivity contribution in [2.45, 2.75) is 111 Å². The average Bonchev–Trinajstić information content (AvgIpc) is 3.83. The summed E-state index contributed by atoms with van der Waals surface area (Å²) in [5.74, 6) is -2.54. The minimum absolute atomic E-state index is 0.00647. The standard InChI is InChI=1S/C45H48F2N2O9S/c1-41-18-17-28(51)21-31(41)32(46)23-43(3)33-22-36-44(35(53)25-50,42(33,2)24-34(52)45(41,43)47)58-40(57-36)26-11-13-29(14-12-26)59-30-9-7-8-27(20-30)48-37(54)10-5-4-6-19-49-38(55)15-16-39(49)56/h7-9,11-18,20-21,32-34,36,40,50,52H,4-6,10,19,22-25H2,1-3H3,(H,48,54)/t32-,33+,34-,36+,40+,41-,42-,43-,44+,45-/m0/s1. The summed E-state index contributed by atoms with van der Waals surface area (Å²) in [6.07, 6.45) is 2.79. The van der Waals surface area contributed by atoms with E-state index in [2.05, 4.69) is 5.32 Å². The molecule has 0 aromatic heterocycles. The van der Waals surface area contributed by atoms with Crippen molar-refractivity contribution in [3.8, 4) is 0 Å². The molecule has 3 amide bonds. The molecule has 2 aromatic rings. The summed E-state index contributed by atoms with van der Waals surface area (Å²) in [5, 5.41) is 25.2. The molecule has 3 N–H and O–H groups in total. The maximum absolute atomic E-state index is 18.1. The first-order chi connectivity index (χ1) is 28.0. The molecule has 3 saturated carbocycles. The van der Waals surface area contributed by atoms with Crippen LogP contribution >= 0.6 is 11.8 Å². The number of nitrogens with zero attached hydrogens (tertiary/aromatic N) is 1. The molecule has 59 heavy (non-hydrogen) atoms. The number of halogens is 2. The van der Waals surface area contributed by atoms with Gasteiger partial charge in [-0.15, -0.1) is 0 Å². The number of benzene rings is 2. The van der Waals surface area contributed by atoms with Gasteiger partial charge < -0.3 is 25.0 Å². The lowest BCUT2D eigenvalue weighted by atomic mass is 9.38. The molecule has 2 aliphatic heterocycles. The predicted octanol–water partition coefficient (Wildman–Crippen LogP) is 6.29. The number of hydrogen-bond acceptors (Lipinski definition) is 10. The Morgan fingerprint density at radius 3 is 2.39 bits per heavy atom. The van der Waals surface area contributed by atoms with Crippen LogP contribution in [-0.4, -0.2) is 87.2 Å². The van der Waals surface area contributed by atoms with E-state index in [9.17, 15) is 34.2 Å². The SMILES string of the molecule is C[C@]12C=CC(=O)C=C1[C@@H](F)C[C@@]1(C)[C@@H]3C[C@H]4O[C@@H](c5ccc(Sc6cccc(NC(=O)CCCCCN7C(=O)C=CC7=O)c6)cc5)O[C@@]4(C(=O)CO)[C@@]3(C)C[C@H](O)[C@]21F. The van der Waals surface area contributed by atoms with Crippen LogP contribution in [0, 0.1) is 22.2 Å². The van der Waals surface area contributed by atoms with E-state index in [0.29, 0.717) is 43.5 Å². The molecular formula is C45H48F2N2O9S. The Kier molecular flexibility index (Phi) is 10.5. The van der Waals surface area contributed by atoms with Crippen LogP contribution in [0.25, 0.3) is 0 Å². The van der Waals surface area contributed by atoms with E-state index in [4.69, 9.17) is 9.47 Å². The van der Waals surface area contributed by atoms with E-state index >= 15 is 8.78 Å². The van der Waals surface area contributed by atoms with E-state index < -0.39 is 76.3 Å². The number of nitrogens with one attached hydrogen (secondary N) is 1. The number of aliphatic hydroxyl groups excluding tert-OH is 2. The monoisotopic (exact) mass is 830 g/mol.